The molecule has 1 atom stereocenters. The van der Waals surface area contributed by atoms with Gasteiger partial charge in [0.15, 0.2) is 0 Å². The fraction of sp³-hybridized carbons (Fsp3) is 0.478. The van der Waals surface area contributed by atoms with E-state index in [2.05, 4.69) is 0 Å². The Balaban J connectivity index is 1.37. The van der Waals surface area contributed by atoms with Crippen molar-refractivity contribution in [3.63, 3.8) is 0 Å². The second kappa shape index (κ2) is 9.17. The summed E-state index contributed by atoms with van der Waals surface area (Å²) in [5.74, 6) is -0.0205. The molecule has 4 rings (SSSR count). The topological polar surface area (TPSA) is 81.2 Å². The van der Waals surface area contributed by atoms with E-state index in [1.54, 1.807) is 36.0 Å². The van der Waals surface area contributed by atoms with Crippen LogP contribution in [0.4, 0.5) is 0 Å². The van der Waals surface area contributed by atoms with Gasteiger partial charge in [0.25, 0.3) is 0 Å². The monoisotopic (exact) mass is 458 g/mol. The number of nitrogens with zero attached hydrogens (tertiary/aromatic N) is 4. The molecule has 0 N–H and O–H groups in total. The third-order valence-electron chi connectivity index (χ3n) is 6.38. The number of rotatable bonds is 5. The van der Waals surface area contributed by atoms with E-state index in [4.69, 9.17) is 0 Å². The molecular formula is C23H30N4O4S. The first-order valence-electron chi connectivity index (χ1n) is 11.0. The molecule has 2 amide bonds. The predicted octanol–water partition coefficient (Wildman–Crippen LogP) is 1.23. The first-order chi connectivity index (χ1) is 15.3. The molecule has 2 aromatic carbocycles. The number of benzene rings is 2. The smallest absolute Gasteiger partial charge is 0.243 e. The van der Waals surface area contributed by atoms with Crippen molar-refractivity contribution in [2.24, 2.45) is 0 Å². The molecule has 172 valence electrons. The molecule has 0 saturated carbocycles. The summed E-state index contributed by atoms with van der Waals surface area (Å²) in [6.07, 6.45) is 1.66. The molecule has 0 aliphatic carbocycles. The summed E-state index contributed by atoms with van der Waals surface area (Å²) in [4.78, 5) is 30.7. The highest BCUT2D eigenvalue weighted by atomic mass is 32.2. The van der Waals surface area contributed by atoms with E-state index in [0.717, 1.165) is 30.2 Å². The van der Waals surface area contributed by atoms with Crippen LogP contribution in [0.5, 0.6) is 0 Å². The Morgan fingerprint density at radius 3 is 2.34 bits per heavy atom. The zero-order chi connectivity index (χ0) is 22.9. The van der Waals surface area contributed by atoms with Gasteiger partial charge in [0.2, 0.25) is 21.8 Å². The van der Waals surface area contributed by atoms with Crippen LogP contribution in [0.1, 0.15) is 12.8 Å². The number of carbonyl (C=O) groups is 2. The number of hydrogen-bond acceptors (Lipinski definition) is 5. The SMILES string of the molecule is CN(C)C(=O)C1CCCN1CC(=O)N1CCN(S(=O)(=O)c2ccc3ccccc3c2)CC1. The lowest BCUT2D eigenvalue weighted by molar-refractivity contribution is -0.137. The quantitative estimate of drug-likeness (QED) is 0.673. The highest BCUT2D eigenvalue weighted by Gasteiger charge is 2.35. The minimum atomic E-state index is -3.62. The van der Waals surface area contributed by atoms with Gasteiger partial charge < -0.3 is 9.80 Å². The van der Waals surface area contributed by atoms with E-state index in [9.17, 15) is 18.0 Å². The fourth-order valence-electron chi connectivity index (χ4n) is 4.52. The lowest BCUT2D eigenvalue weighted by Crippen LogP contribution is -2.53. The van der Waals surface area contributed by atoms with Crippen molar-refractivity contribution in [1.29, 1.82) is 0 Å². The van der Waals surface area contributed by atoms with Gasteiger partial charge in [-0.25, -0.2) is 8.42 Å². The number of amides is 2. The highest BCUT2D eigenvalue weighted by molar-refractivity contribution is 7.89. The van der Waals surface area contributed by atoms with Crippen molar-refractivity contribution in [3.8, 4) is 0 Å². The Morgan fingerprint density at radius 1 is 0.969 bits per heavy atom. The van der Waals surface area contributed by atoms with Crippen LogP contribution in [0.15, 0.2) is 47.4 Å². The number of hydrogen-bond donors (Lipinski definition) is 0. The van der Waals surface area contributed by atoms with Crippen LogP contribution < -0.4 is 0 Å². The average molecular weight is 459 g/mol. The minimum absolute atomic E-state index is 0.0293. The zero-order valence-corrected chi connectivity index (χ0v) is 19.4. The Bertz CT molecular complexity index is 1110. The van der Waals surface area contributed by atoms with E-state index < -0.39 is 10.0 Å². The van der Waals surface area contributed by atoms with E-state index in [1.165, 1.54) is 4.31 Å². The molecular weight excluding hydrogens is 428 g/mol. The normalized spacial score (nSPS) is 20.6. The van der Waals surface area contributed by atoms with Gasteiger partial charge in [-0.05, 0) is 42.3 Å². The average Bonchev–Trinajstić information content (AvgIpc) is 3.26. The molecule has 2 aliphatic rings. The fourth-order valence-corrected chi connectivity index (χ4v) is 5.98. The van der Waals surface area contributed by atoms with Gasteiger partial charge >= 0.3 is 0 Å². The third-order valence-corrected chi connectivity index (χ3v) is 8.27. The van der Waals surface area contributed by atoms with E-state index in [1.807, 2.05) is 35.2 Å². The van der Waals surface area contributed by atoms with Crippen LogP contribution in [0.25, 0.3) is 10.8 Å². The van der Waals surface area contributed by atoms with Crippen molar-refractivity contribution >= 4 is 32.6 Å². The summed E-state index contributed by atoms with van der Waals surface area (Å²) < 4.78 is 27.7. The molecule has 32 heavy (non-hydrogen) atoms. The largest absolute Gasteiger partial charge is 0.347 e. The van der Waals surface area contributed by atoms with Gasteiger partial charge in [-0.15, -0.1) is 0 Å². The van der Waals surface area contributed by atoms with Crippen molar-refractivity contribution in [3.05, 3.63) is 42.5 Å². The Hall–Kier alpha value is -2.49. The molecule has 1 unspecified atom stereocenters. The van der Waals surface area contributed by atoms with Crippen LogP contribution in [-0.4, -0.2) is 98.6 Å². The second-order valence-electron chi connectivity index (χ2n) is 8.65. The zero-order valence-electron chi connectivity index (χ0n) is 18.6. The molecule has 2 aromatic rings. The van der Waals surface area contributed by atoms with Gasteiger partial charge in [-0.2, -0.15) is 4.31 Å². The Labute approximate surface area is 189 Å². The maximum atomic E-state index is 13.1. The standard InChI is InChI=1S/C23H30N4O4S/c1-24(2)23(29)21-8-5-11-26(21)17-22(28)25-12-14-27(15-13-25)32(30,31)20-10-9-18-6-3-4-7-19(18)16-20/h3-4,6-7,9-10,16,21H,5,8,11-15,17H2,1-2H3. The molecule has 8 nitrogen and oxygen atoms in total. The Morgan fingerprint density at radius 2 is 1.66 bits per heavy atom. The number of fused-ring (bicyclic) bond motifs is 1. The van der Waals surface area contributed by atoms with Crippen molar-refractivity contribution < 1.29 is 18.0 Å². The summed E-state index contributed by atoms with van der Waals surface area (Å²) >= 11 is 0. The molecule has 2 aliphatic heterocycles. The molecule has 0 bridgehead atoms. The molecule has 9 heteroatoms. The van der Waals surface area contributed by atoms with Gasteiger partial charge in [-0.1, -0.05) is 30.3 Å². The molecule has 0 aromatic heterocycles. The number of likely N-dealkylation sites (N-methyl/N-ethyl adjacent to an activating group) is 1. The summed E-state index contributed by atoms with van der Waals surface area (Å²) in [7, 11) is -0.156. The second-order valence-corrected chi connectivity index (χ2v) is 10.6. The molecule has 2 saturated heterocycles. The third kappa shape index (κ3) is 4.51. The number of piperazine rings is 1. The van der Waals surface area contributed by atoms with Crippen LogP contribution in [-0.2, 0) is 19.6 Å². The molecule has 2 heterocycles. The van der Waals surface area contributed by atoms with Crippen molar-refractivity contribution in [1.82, 2.24) is 19.0 Å². The van der Waals surface area contributed by atoms with E-state index >= 15 is 0 Å². The van der Waals surface area contributed by atoms with Crippen LogP contribution in [0, 0.1) is 0 Å². The summed E-state index contributed by atoms with van der Waals surface area (Å²) in [6.45, 7) is 2.16. The van der Waals surface area contributed by atoms with Gasteiger partial charge in [0, 0.05) is 40.3 Å². The molecule has 0 spiro atoms. The number of sulfonamides is 1. The van der Waals surface area contributed by atoms with Crippen molar-refractivity contribution in [2.45, 2.75) is 23.8 Å². The first kappa shape index (κ1) is 22.7. The number of likely N-dealkylation sites (tertiary alicyclic amines) is 1. The lowest BCUT2D eigenvalue weighted by Gasteiger charge is -2.35. The van der Waals surface area contributed by atoms with Gasteiger partial charge in [0.1, 0.15) is 0 Å². The number of carbonyl (C=O) groups excluding carboxylic acids is 2. The summed E-state index contributed by atoms with van der Waals surface area (Å²) in [5.41, 5.74) is 0. The van der Waals surface area contributed by atoms with Crippen LogP contribution in [0.3, 0.4) is 0 Å². The minimum Gasteiger partial charge on any atom is -0.347 e. The highest BCUT2D eigenvalue weighted by Crippen LogP contribution is 2.23. The first-order valence-corrected chi connectivity index (χ1v) is 12.4. The molecule has 2 fully saturated rings. The van der Waals surface area contributed by atoms with Crippen LogP contribution in [0.2, 0.25) is 0 Å². The van der Waals surface area contributed by atoms with Gasteiger partial charge in [0.05, 0.1) is 17.5 Å². The van der Waals surface area contributed by atoms with Crippen LogP contribution >= 0.6 is 0 Å². The van der Waals surface area contributed by atoms with E-state index in [0.29, 0.717) is 13.1 Å². The van der Waals surface area contributed by atoms with Crippen molar-refractivity contribution in [2.75, 3.05) is 53.4 Å². The predicted molar refractivity (Wildman–Crippen MR) is 123 cm³/mol. The lowest BCUT2D eigenvalue weighted by atomic mass is 10.1. The van der Waals surface area contributed by atoms with Gasteiger partial charge in [-0.3, -0.25) is 14.5 Å². The maximum Gasteiger partial charge on any atom is 0.243 e. The summed E-state index contributed by atoms with van der Waals surface area (Å²) in [5, 5.41) is 1.88. The maximum absolute atomic E-state index is 13.1. The Kier molecular flexibility index (Phi) is 6.50. The summed E-state index contributed by atoms with van der Waals surface area (Å²) in [6, 6.07) is 12.6. The van der Waals surface area contributed by atoms with E-state index in [-0.39, 0.29) is 42.4 Å². The molecule has 0 radical (unpaired) electrons.